The van der Waals surface area contributed by atoms with Gasteiger partial charge < -0.3 is 5.73 Å². The summed E-state index contributed by atoms with van der Waals surface area (Å²) in [6.07, 6.45) is 1.78. The molecule has 2 rings (SSSR count). The Bertz CT molecular complexity index is 493. The fraction of sp³-hybridized carbons (Fsp3) is 0.273. The van der Waals surface area contributed by atoms with E-state index in [0.29, 0.717) is 11.4 Å². The summed E-state index contributed by atoms with van der Waals surface area (Å²) in [6, 6.07) is 1.99. The Hall–Kier alpha value is -1.11. The predicted octanol–water partition coefficient (Wildman–Crippen LogP) is 2.05. The highest BCUT2D eigenvalue weighted by molar-refractivity contribution is 8.18. The fourth-order valence-electron chi connectivity index (χ4n) is 1.47. The minimum Gasteiger partial charge on any atom is -0.329 e. The molecule has 0 unspecified atom stereocenters. The molecule has 4 nitrogen and oxygen atoms in total. The summed E-state index contributed by atoms with van der Waals surface area (Å²) >= 11 is 2.54. The Morgan fingerprint density at radius 1 is 1.47 bits per heavy atom. The normalized spacial score (nSPS) is 18.5. The molecule has 2 amide bonds. The van der Waals surface area contributed by atoms with Gasteiger partial charge in [0, 0.05) is 18.0 Å². The monoisotopic (exact) mass is 268 g/mol. The number of amides is 2. The van der Waals surface area contributed by atoms with E-state index in [9.17, 15) is 9.59 Å². The molecule has 0 saturated carbocycles. The highest BCUT2D eigenvalue weighted by Crippen LogP contribution is 2.33. The molecule has 0 aromatic carbocycles. The summed E-state index contributed by atoms with van der Waals surface area (Å²) in [6.45, 7) is 2.56. The summed E-state index contributed by atoms with van der Waals surface area (Å²) in [4.78, 5) is 26.2. The highest BCUT2D eigenvalue weighted by Gasteiger charge is 2.34. The van der Waals surface area contributed by atoms with Crippen molar-refractivity contribution >= 4 is 40.3 Å². The smallest absolute Gasteiger partial charge is 0.293 e. The predicted molar refractivity (Wildman–Crippen MR) is 70.8 cm³/mol. The van der Waals surface area contributed by atoms with Crippen molar-refractivity contribution in [3.05, 3.63) is 26.8 Å². The van der Waals surface area contributed by atoms with Gasteiger partial charge in [-0.2, -0.15) is 0 Å². The van der Waals surface area contributed by atoms with Gasteiger partial charge in [-0.3, -0.25) is 14.5 Å². The molecule has 1 aliphatic heterocycles. The van der Waals surface area contributed by atoms with Crippen LogP contribution in [0.3, 0.4) is 0 Å². The zero-order valence-corrected chi connectivity index (χ0v) is 10.9. The van der Waals surface area contributed by atoms with E-state index in [1.165, 1.54) is 4.90 Å². The second kappa shape index (κ2) is 5.03. The maximum absolute atomic E-state index is 11.9. The quantitative estimate of drug-likeness (QED) is 0.852. The molecule has 0 radical (unpaired) electrons. The molecule has 1 aromatic rings. The van der Waals surface area contributed by atoms with Gasteiger partial charge in [-0.05, 0) is 41.8 Å². The third-order valence-corrected chi connectivity index (χ3v) is 4.26. The van der Waals surface area contributed by atoms with Crippen LogP contribution < -0.4 is 5.73 Å². The zero-order chi connectivity index (χ0) is 12.4. The minimum atomic E-state index is -0.238. The van der Waals surface area contributed by atoms with Crippen molar-refractivity contribution in [2.24, 2.45) is 5.73 Å². The maximum atomic E-state index is 11.9. The topological polar surface area (TPSA) is 63.4 Å². The highest BCUT2D eigenvalue weighted by atomic mass is 32.2. The van der Waals surface area contributed by atoms with E-state index in [-0.39, 0.29) is 17.7 Å². The third-order valence-electron chi connectivity index (χ3n) is 2.39. The van der Waals surface area contributed by atoms with Crippen LogP contribution in [0, 0.1) is 6.92 Å². The summed E-state index contributed by atoms with van der Waals surface area (Å²) in [5.41, 5.74) is 6.48. The van der Waals surface area contributed by atoms with Crippen LogP contribution in [-0.4, -0.2) is 29.1 Å². The Balaban J connectivity index is 2.25. The summed E-state index contributed by atoms with van der Waals surface area (Å²) in [7, 11) is 0. The summed E-state index contributed by atoms with van der Waals surface area (Å²) in [5, 5.41) is 1.73. The maximum Gasteiger partial charge on any atom is 0.293 e. The van der Waals surface area contributed by atoms with E-state index in [2.05, 4.69) is 0 Å². The molecule has 0 bridgehead atoms. The Labute approximate surface area is 107 Å². The van der Waals surface area contributed by atoms with Gasteiger partial charge in [0.25, 0.3) is 11.1 Å². The van der Waals surface area contributed by atoms with E-state index in [1.54, 1.807) is 17.4 Å². The van der Waals surface area contributed by atoms with Crippen LogP contribution in [0.2, 0.25) is 0 Å². The lowest BCUT2D eigenvalue weighted by molar-refractivity contribution is -0.122. The first-order chi connectivity index (χ1) is 8.13. The average Bonchev–Trinajstić information content (AvgIpc) is 2.79. The second-order valence-electron chi connectivity index (χ2n) is 3.59. The van der Waals surface area contributed by atoms with E-state index in [1.807, 2.05) is 18.4 Å². The molecule has 90 valence electrons. The molecule has 0 atom stereocenters. The lowest BCUT2D eigenvalue weighted by atomic mass is 10.2. The molecule has 17 heavy (non-hydrogen) atoms. The van der Waals surface area contributed by atoms with Gasteiger partial charge in [0.15, 0.2) is 0 Å². The van der Waals surface area contributed by atoms with E-state index < -0.39 is 0 Å². The Morgan fingerprint density at radius 2 is 2.24 bits per heavy atom. The van der Waals surface area contributed by atoms with Gasteiger partial charge >= 0.3 is 0 Å². The van der Waals surface area contributed by atoms with Gasteiger partial charge in [-0.15, -0.1) is 11.3 Å². The fourth-order valence-corrected chi connectivity index (χ4v) is 3.25. The molecule has 2 N–H and O–H groups in total. The number of thiophene rings is 1. The molecule has 6 heteroatoms. The van der Waals surface area contributed by atoms with Crippen molar-refractivity contribution in [3.8, 4) is 0 Å². The number of aryl methyl sites for hydroxylation is 1. The van der Waals surface area contributed by atoms with Crippen LogP contribution in [0.15, 0.2) is 16.4 Å². The number of hydrogen-bond donors (Lipinski definition) is 1. The molecule has 0 spiro atoms. The van der Waals surface area contributed by atoms with Gasteiger partial charge in [0.1, 0.15) is 0 Å². The van der Waals surface area contributed by atoms with Crippen molar-refractivity contribution in [2.45, 2.75) is 6.92 Å². The number of thioether (sulfide) groups is 1. The molecular formula is C11H12N2O2S2. The number of carbonyl (C=O) groups is 2. The van der Waals surface area contributed by atoms with Crippen molar-refractivity contribution in [3.63, 3.8) is 0 Å². The van der Waals surface area contributed by atoms with Crippen molar-refractivity contribution in [1.82, 2.24) is 4.90 Å². The number of hydrogen-bond acceptors (Lipinski definition) is 5. The number of imide groups is 1. The van der Waals surface area contributed by atoms with Gasteiger partial charge in [0.05, 0.1) is 4.91 Å². The second-order valence-corrected chi connectivity index (χ2v) is 5.53. The molecule has 1 aromatic heterocycles. The minimum absolute atomic E-state index is 0.235. The van der Waals surface area contributed by atoms with E-state index >= 15 is 0 Å². The summed E-state index contributed by atoms with van der Waals surface area (Å²) < 4.78 is 0. The number of nitrogens with two attached hydrogens (primary N) is 1. The molecule has 0 aliphatic carbocycles. The standard InChI is InChI=1S/C11H12N2O2S2/c1-7-2-5-16-8(7)6-9-10(14)13(4-3-12)11(15)17-9/h2,5-6H,3-4,12H2,1H3/b9-6-. The lowest BCUT2D eigenvalue weighted by Crippen LogP contribution is -2.33. The van der Waals surface area contributed by atoms with Crippen molar-refractivity contribution in [2.75, 3.05) is 13.1 Å². The van der Waals surface area contributed by atoms with Crippen LogP contribution >= 0.6 is 23.1 Å². The van der Waals surface area contributed by atoms with Crippen LogP contribution in [-0.2, 0) is 4.79 Å². The first kappa shape index (κ1) is 12.3. The van der Waals surface area contributed by atoms with Crippen molar-refractivity contribution in [1.29, 1.82) is 0 Å². The Morgan fingerprint density at radius 3 is 2.82 bits per heavy atom. The number of carbonyl (C=O) groups excluding carboxylic acids is 2. The molecule has 1 fully saturated rings. The number of rotatable bonds is 3. The largest absolute Gasteiger partial charge is 0.329 e. The van der Waals surface area contributed by atoms with Crippen molar-refractivity contribution < 1.29 is 9.59 Å². The van der Waals surface area contributed by atoms with E-state index in [4.69, 9.17) is 5.73 Å². The summed E-state index contributed by atoms with van der Waals surface area (Å²) in [5.74, 6) is -0.238. The van der Waals surface area contributed by atoms with Gasteiger partial charge in [-0.1, -0.05) is 0 Å². The first-order valence-electron chi connectivity index (χ1n) is 5.13. The molecular weight excluding hydrogens is 256 g/mol. The molecule has 1 aliphatic rings. The molecule has 2 heterocycles. The number of nitrogens with zero attached hydrogens (tertiary/aromatic N) is 1. The van der Waals surface area contributed by atoms with E-state index in [0.717, 1.165) is 22.2 Å². The lowest BCUT2D eigenvalue weighted by Gasteiger charge is -2.09. The van der Waals surface area contributed by atoms with Gasteiger partial charge in [0.2, 0.25) is 0 Å². The average molecular weight is 268 g/mol. The van der Waals surface area contributed by atoms with Crippen LogP contribution in [0.5, 0.6) is 0 Å². The van der Waals surface area contributed by atoms with Crippen LogP contribution in [0.25, 0.3) is 6.08 Å². The first-order valence-corrected chi connectivity index (χ1v) is 6.82. The van der Waals surface area contributed by atoms with Gasteiger partial charge in [-0.25, -0.2) is 0 Å². The Kier molecular flexibility index (Phi) is 3.66. The molecule has 1 saturated heterocycles. The zero-order valence-electron chi connectivity index (χ0n) is 9.30. The SMILES string of the molecule is Cc1ccsc1/C=C1\SC(=O)N(CCN)C1=O. The van der Waals surface area contributed by atoms with Crippen LogP contribution in [0.4, 0.5) is 4.79 Å². The third kappa shape index (κ3) is 2.43. The van der Waals surface area contributed by atoms with Crippen LogP contribution in [0.1, 0.15) is 10.4 Å².